The molecule has 33 heavy (non-hydrogen) atoms. The van der Waals surface area contributed by atoms with Gasteiger partial charge in [0, 0.05) is 31.9 Å². The lowest BCUT2D eigenvalue weighted by Gasteiger charge is -2.18. The average Bonchev–Trinajstić information content (AvgIpc) is 3.41. The highest BCUT2D eigenvalue weighted by atomic mass is 32.2. The van der Waals surface area contributed by atoms with Gasteiger partial charge in [-0.25, -0.2) is 4.98 Å². The molecular weight excluding hydrogens is 449 g/mol. The molecule has 5 nitrogen and oxygen atoms in total. The summed E-state index contributed by atoms with van der Waals surface area (Å²) in [5.41, 5.74) is 1.46. The van der Waals surface area contributed by atoms with E-state index in [0.717, 1.165) is 38.1 Å². The molecule has 3 aromatic rings. The fourth-order valence-electron chi connectivity index (χ4n) is 4.14. The number of thioether (sulfide) groups is 1. The Balaban J connectivity index is 1.34. The molecule has 0 aliphatic carbocycles. The molecule has 1 fully saturated rings. The number of hydrogen-bond acceptors (Lipinski definition) is 4. The molecule has 1 N–H and O–H groups in total. The van der Waals surface area contributed by atoms with Crippen molar-refractivity contribution in [2.45, 2.75) is 37.6 Å². The standard InChI is InChI=1S/C24H27F3N4OS/c1-2-11-31-21-13-18(24(25,26)27)8-9-20(21)29-23(31)33-16-22(32)28-14-17-10-12-30(15-17)19-6-4-3-5-7-19/h3-9,13,17H,2,10-12,14-16H2,1H3,(H,28,32). The maximum absolute atomic E-state index is 13.1. The minimum atomic E-state index is -4.40. The molecule has 1 unspecified atom stereocenters. The van der Waals surface area contributed by atoms with E-state index < -0.39 is 11.7 Å². The Morgan fingerprint density at radius 1 is 1.21 bits per heavy atom. The van der Waals surface area contributed by atoms with Crippen LogP contribution in [0.4, 0.5) is 18.9 Å². The first-order chi connectivity index (χ1) is 15.8. The lowest BCUT2D eigenvalue weighted by molar-refractivity contribution is -0.137. The topological polar surface area (TPSA) is 50.2 Å². The van der Waals surface area contributed by atoms with Crippen LogP contribution in [0.2, 0.25) is 0 Å². The van der Waals surface area contributed by atoms with Gasteiger partial charge in [-0.2, -0.15) is 13.2 Å². The third kappa shape index (κ3) is 5.63. The maximum atomic E-state index is 13.1. The smallest absolute Gasteiger partial charge is 0.371 e. The number of carbonyl (C=O) groups is 1. The first-order valence-corrected chi connectivity index (χ1v) is 12.1. The molecule has 1 aromatic heterocycles. The molecule has 0 saturated carbocycles. The zero-order chi connectivity index (χ0) is 23.4. The van der Waals surface area contributed by atoms with E-state index in [0.29, 0.717) is 35.2 Å². The van der Waals surface area contributed by atoms with Crippen molar-refractivity contribution in [1.29, 1.82) is 0 Å². The number of para-hydroxylation sites is 1. The highest BCUT2D eigenvalue weighted by molar-refractivity contribution is 7.99. The fraction of sp³-hybridized carbons (Fsp3) is 0.417. The molecule has 0 spiro atoms. The molecule has 1 amide bonds. The van der Waals surface area contributed by atoms with E-state index in [1.54, 1.807) is 4.57 Å². The summed E-state index contributed by atoms with van der Waals surface area (Å²) >= 11 is 1.26. The number of imidazole rings is 1. The second-order valence-electron chi connectivity index (χ2n) is 8.28. The number of aromatic nitrogens is 2. The Hall–Kier alpha value is -2.68. The predicted octanol–water partition coefficient (Wildman–Crippen LogP) is 5.20. The van der Waals surface area contributed by atoms with Crippen LogP contribution in [0.1, 0.15) is 25.3 Å². The van der Waals surface area contributed by atoms with Crippen molar-refractivity contribution in [2.24, 2.45) is 5.92 Å². The minimum absolute atomic E-state index is 0.0933. The van der Waals surface area contributed by atoms with Crippen LogP contribution in [0, 0.1) is 5.92 Å². The van der Waals surface area contributed by atoms with Crippen molar-refractivity contribution < 1.29 is 18.0 Å². The maximum Gasteiger partial charge on any atom is 0.416 e. The van der Waals surface area contributed by atoms with Crippen LogP contribution in [-0.2, 0) is 17.5 Å². The molecule has 1 aliphatic heterocycles. The van der Waals surface area contributed by atoms with Gasteiger partial charge in [-0.1, -0.05) is 36.9 Å². The number of hydrogen-bond donors (Lipinski definition) is 1. The summed E-state index contributed by atoms with van der Waals surface area (Å²) < 4.78 is 41.2. The van der Waals surface area contributed by atoms with Crippen LogP contribution < -0.4 is 10.2 Å². The van der Waals surface area contributed by atoms with E-state index in [4.69, 9.17) is 0 Å². The number of fused-ring (bicyclic) bond motifs is 1. The summed E-state index contributed by atoms with van der Waals surface area (Å²) in [5, 5.41) is 3.58. The Bertz CT molecular complexity index is 1100. The van der Waals surface area contributed by atoms with Crippen LogP contribution in [0.15, 0.2) is 53.7 Å². The van der Waals surface area contributed by atoms with Crippen LogP contribution in [0.5, 0.6) is 0 Å². The van der Waals surface area contributed by atoms with Gasteiger partial charge in [0.2, 0.25) is 5.91 Å². The fourth-order valence-corrected chi connectivity index (χ4v) is 5.01. The summed E-state index contributed by atoms with van der Waals surface area (Å²) in [6.45, 7) is 4.99. The summed E-state index contributed by atoms with van der Waals surface area (Å²) in [4.78, 5) is 19.3. The van der Waals surface area contributed by atoms with E-state index in [2.05, 4.69) is 27.3 Å². The van der Waals surface area contributed by atoms with Crippen molar-refractivity contribution in [3.8, 4) is 0 Å². The predicted molar refractivity (Wildman–Crippen MR) is 126 cm³/mol. The van der Waals surface area contributed by atoms with E-state index in [1.807, 2.05) is 25.1 Å². The number of rotatable bonds is 8. The Kier molecular flexibility index (Phi) is 7.17. The van der Waals surface area contributed by atoms with Gasteiger partial charge < -0.3 is 14.8 Å². The van der Waals surface area contributed by atoms with Crippen LogP contribution >= 0.6 is 11.8 Å². The Labute approximate surface area is 195 Å². The number of carbonyl (C=O) groups excluding carboxylic acids is 1. The number of nitrogens with zero attached hydrogens (tertiary/aromatic N) is 3. The van der Waals surface area contributed by atoms with Crippen molar-refractivity contribution in [1.82, 2.24) is 14.9 Å². The molecule has 1 saturated heterocycles. The summed E-state index contributed by atoms with van der Waals surface area (Å²) in [6, 6.07) is 13.8. The number of alkyl halides is 3. The van der Waals surface area contributed by atoms with E-state index in [1.165, 1.54) is 23.5 Å². The number of nitrogens with one attached hydrogen (secondary N) is 1. The summed E-state index contributed by atoms with van der Waals surface area (Å²) in [5.74, 6) is 0.475. The molecule has 2 aromatic carbocycles. The number of aryl methyl sites for hydroxylation is 1. The van der Waals surface area contributed by atoms with Gasteiger partial charge in [0.05, 0.1) is 22.3 Å². The highest BCUT2D eigenvalue weighted by Crippen LogP contribution is 2.33. The third-order valence-corrected chi connectivity index (χ3v) is 6.79. The average molecular weight is 477 g/mol. The van der Waals surface area contributed by atoms with Crippen molar-refractivity contribution in [3.05, 3.63) is 54.1 Å². The normalized spacial score (nSPS) is 16.5. The molecular formula is C24H27F3N4OS. The van der Waals surface area contributed by atoms with Crippen LogP contribution in [0.25, 0.3) is 11.0 Å². The van der Waals surface area contributed by atoms with E-state index >= 15 is 0 Å². The monoisotopic (exact) mass is 476 g/mol. The molecule has 176 valence electrons. The third-order valence-electron chi connectivity index (χ3n) is 5.82. The second kappa shape index (κ2) is 10.1. The number of amides is 1. The number of halogens is 3. The summed E-state index contributed by atoms with van der Waals surface area (Å²) in [6.07, 6.45) is -2.63. The molecule has 1 atom stereocenters. The van der Waals surface area contributed by atoms with Crippen molar-refractivity contribution >= 4 is 34.4 Å². The Morgan fingerprint density at radius 2 is 2.00 bits per heavy atom. The van der Waals surface area contributed by atoms with Gasteiger partial charge in [0.15, 0.2) is 5.16 Å². The molecule has 1 aliphatic rings. The van der Waals surface area contributed by atoms with Gasteiger partial charge in [-0.05, 0) is 49.1 Å². The van der Waals surface area contributed by atoms with Crippen molar-refractivity contribution in [3.63, 3.8) is 0 Å². The zero-order valence-electron chi connectivity index (χ0n) is 18.4. The van der Waals surface area contributed by atoms with E-state index in [9.17, 15) is 18.0 Å². The second-order valence-corrected chi connectivity index (χ2v) is 9.22. The molecule has 4 rings (SSSR count). The highest BCUT2D eigenvalue weighted by Gasteiger charge is 2.31. The lowest BCUT2D eigenvalue weighted by Crippen LogP contribution is -2.32. The largest absolute Gasteiger partial charge is 0.416 e. The SMILES string of the molecule is CCCn1c(SCC(=O)NCC2CCN(c3ccccc3)C2)nc2ccc(C(F)(F)F)cc21. The van der Waals surface area contributed by atoms with Crippen molar-refractivity contribution in [2.75, 3.05) is 30.3 Å². The Morgan fingerprint density at radius 3 is 2.73 bits per heavy atom. The zero-order valence-corrected chi connectivity index (χ0v) is 19.3. The van der Waals surface area contributed by atoms with E-state index in [-0.39, 0.29) is 11.7 Å². The first kappa shape index (κ1) is 23.5. The molecule has 9 heteroatoms. The number of benzene rings is 2. The minimum Gasteiger partial charge on any atom is -0.371 e. The number of anilines is 1. The van der Waals surface area contributed by atoms with Gasteiger partial charge >= 0.3 is 6.18 Å². The van der Waals surface area contributed by atoms with Crippen LogP contribution in [-0.4, -0.2) is 40.8 Å². The lowest BCUT2D eigenvalue weighted by atomic mass is 10.1. The first-order valence-electron chi connectivity index (χ1n) is 11.1. The van der Waals surface area contributed by atoms with Gasteiger partial charge in [-0.3, -0.25) is 4.79 Å². The summed E-state index contributed by atoms with van der Waals surface area (Å²) in [7, 11) is 0. The molecule has 2 heterocycles. The van der Waals surface area contributed by atoms with Gasteiger partial charge in [0.1, 0.15) is 0 Å². The molecule has 0 bridgehead atoms. The molecule has 0 radical (unpaired) electrons. The van der Waals surface area contributed by atoms with Gasteiger partial charge in [0.25, 0.3) is 0 Å². The van der Waals surface area contributed by atoms with Gasteiger partial charge in [-0.15, -0.1) is 0 Å². The quantitative estimate of drug-likeness (QED) is 0.454. The van der Waals surface area contributed by atoms with Crippen LogP contribution in [0.3, 0.4) is 0 Å².